The number of hydrogen-bond donors (Lipinski definition) is 1. The fourth-order valence-electron chi connectivity index (χ4n) is 3.06. The first-order valence-corrected chi connectivity index (χ1v) is 7.01. The zero-order valence-electron chi connectivity index (χ0n) is 10.6. The Bertz CT molecular complexity index is 514. The van der Waals surface area contributed by atoms with Gasteiger partial charge in [0.15, 0.2) is 0 Å². The average Bonchev–Trinajstić information content (AvgIpc) is 2.91. The number of aliphatic hydroxyl groups excluding tert-OH is 1. The number of anilines is 1. The molecule has 0 saturated carbocycles. The molecule has 2 saturated heterocycles. The van der Waals surface area contributed by atoms with Crippen molar-refractivity contribution in [1.29, 1.82) is 0 Å². The van der Waals surface area contributed by atoms with E-state index in [1.165, 1.54) is 0 Å². The van der Waals surface area contributed by atoms with Crippen LogP contribution in [0.15, 0.2) is 0 Å². The summed E-state index contributed by atoms with van der Waals surface area (Å²) in [6, 6.07) is 0. The topological polar surface area (TPSA) is 58.5 Å². The summed E-state index contributed by atoms with van der Waals surface area (Å²) in [5.41, 5.74) is 0.626. The molecule has 5 nitrogen and oxygen atoms in total. The molecule has 104 valence electrons. The van der Waals surface area contributed by atoms with Crippen LogP contribution in [-0.4, -0.2) is 46.5 Å². The second-order valence-electron chi connectivity index (χ2n) is 5.18. The highest BCUT2D eigenvalue weighted by Gasteiger charge is 2.52. The van der Waals surface area contributed by atoms with Gasteiger partial charge < -0.3 is 14.7 Å². The van der Waals surface area contributed by atoms with Crippen LogP contribution in [0.4, 0.5) is 5.82 Å². The van der Waals surface area contributed by atoms with Crippen LogP contribution >= 0.6 is 23.2 Å². The molecule has 2 bridgehead atoms. The highest BCUT2D eigenvalue weighted by molar-refractivity contribution is 6.32. The molecule has 7 heteroatoms. The predicted molar refractivity (Wildman–Crippen MR) is 72.9 cm³/mol. The highest BCUT2D eigenvalue weighted by Crippen LogP contribution is 2.44. The third-order valence-corrected chi connectivity index (χ3v) is 4.56. The molecule has 1 N–H and O–H groups in total. The van der Waals surface area contributed by atoms with E-state index in [0.717, 1.165) is 24.3 Å². The fraction of sp³-hybridized carbons (Fsp3) is 0.667. The zero-order chi connectivity index (χ0) is 13.6. The molecule has 3 rings (SSSR count). The van der Waals surface area contributed by atoms with Gasteiger partial charge in [-0.1, -0.05) is 11.6 Å². The molecule has 2 aliphatic heterocycles. The van der Waals surface area contributed by atoms with Gasteiger partial charge in [0, 0.05) is 25.1 Å². The molecule has 19 heavy (non-hydrogen) atoms. The van der Waals surface area contributed by atoms with Gasteiger partial charge in [-0.3, -0.25) is 0 Å². The van der Waals surface area contributed by atoms with Crippen molar-refractivity contribution in [2.75, 3.05) is 24.7 Å². The van der Waals surface area contributed by atoms with Gasteiger partial charge in [0.25, 0.3) is 0 Å². The Morgan fingerprint density at radius 1 is 1.47 bits per heavy atom. The molecule has 0 unspecified atom stereocenters. The van der Waals surface area contributed by atoms with Crippen molar-refractivity contribution < 1.29 is 9.84 Å². The van der Waals surface area contributed by atoms with E-state index in [-0.39, 0.29) is 23.5 Å². The lowest BCUT2D eigenvalue weighted by Crippen LogP contribution is -2.50. The van der Waals surface area contributed by atoms with E-state index in [0.29, 0.717) is 18.2 Å². The standard InChI is InChI=1S/C12H15Cl2N3O2/c1-7-9(13)15-11(14)16-10(7)17-5-8-4-12(17,2-3-18)6-19-8/h8,18H,2-6H2,1H3/t8-,12-/m0/s1. The van der Waals surface area contributed by atoms with Crippen LogP contribution in [0.1, 0.15) is 18.4 Å². The summed E-state index contributed by atoms with van der Waals surface area (Å²) in [7, 11) is 0. The summed E-state index contributed by atoms with van der Waals surface area (Å²) < 4.78 is 5.70. The summed E-state index contributed by atoms with van der Waals surface area (Å²) in [6.07, 6.45) is 1.76. The number of aromatic nitrogens is 2. The smallest absolute Gasteiger partial charge is 0.225 e. The van der Waals surface area contributed by atoms with E-state index in [4.69, 9.17) is 27.9 Å². The zero-order valence-corrected chi connectivity index (χ0v) is 12.1. The fourth-order valence-corrected chi connectivity index (χ4v) is 3.43. The summed E-state index contributed by atoms with van der Waals surface area (Å²) in [5.74, 6) is 0.754. The Kier molecular flexibility index (Phi) is 3.33. The molecule has 3 heterocycles. The van der Waals surface area contributed by atoms with Gasteiger partial charge >= 0.3 is 0 Å². The summed E-state index contributed by atoms with van der Waals surface area (Å²) in [4.78, 5) is 10.4. The predicted octanol–water partition coefficient (Wildman–Crippen LogP) is 1.82. The Balaban J connectivity index is 2.02. The monoisotopic (exact) mass is 303 g/mol. The van der Waals surface area contributed by atoms with Crippen molar-refractivity contribution >= 4 is 29.0 Å². The first-order chi connectivity index (χ1) is 9.05. The molecule has 2 fully saturated rings. The minimum atomic E-state index is -0.189. The molecule has 1 aromatic heterocycles. The average molecular weight is 304 g/mol. The third kappa shape index (κ3) is 2.09. The number of halogens is 2. The van der Waals surface area contributed by atoms with E-state index < -0.39 is 0 Å². The number of aliphatic hydroxyl groups is 1. The lowest BCUT2D eigenvalue weighted by molar-refractivity contribution is 0.0778. The largest absolute Gasteiger partial charge is 0.396 e. The minimum Gasteiger partial charge on any atom is -0.396 e. The van der Waals surface area contributed by atoms with Crippen LogP contribution in [0.3, 0.4) is 0 Å². The lowest BCUT2D eigenvalue weighted by atomic mass is 9.94. The van der Waals surface area contributed by atoms with E-state index in [9.17, 15) is 5.11 Å². The van der Waals surface area contributed by atoms with E-state index in [1.54, 1.807) is 0 Å². The van der Waals surface area contributed by atoms with Gasteiger partial charge in [0.2, 0.25) is 5.28 Å². The maximum Gasteiger partial charge on any atom is 0.225 e. The van der Waals surface area contributed by atoms with Crippen molar-refractivity contribution in [3.05, 3.63) is 16.0 Å². The van der Waals surface area contributed by atoms with E-state index in [1.807, 2.05) is 6.92 Å². The van der Waals surface area contributed by atoms with Crippen LogP contribution in [0.2, 0.25) is 10.4 Å². The Labute approximate surface area is 121 Å². The molecule has 0 aliphatic carbocycles. The molecule has 0 radical (unpaired) electrons. The van der Waals surface area contributed by atoms with Gasteiger partial charge in [0.1, 0.15) is 11.0 Å². The molecule has 1 aromatic rings. The number of fused-ring (bicyclic) bond motifs is 2. The number of hydrogen-bond acceptors (Lipinski definition) is 5. The maximum atomic E-state index is 9.32. The van der Waals surface area contributed by atoms with Gasteiger partial charge in [-0.2, -0.15) is 0 Å². The Hall–Kier alpha value is -0.620. The molecule has 2 aliphatic rings. The third-order valence-electron chi connectivity index (χ3n) is 4.02. The normalized spacial score (nSPS) is 29.3. The Morgan fingerprint density at radius 2 is 2.26 bits per heavy atom. The van der Waals surface area contributed by atoms with Gasteiger partial charge in [0.05, 0.1) is 18.2 Å². The number of rotatable bonds is 3. The number of nitrogens with zero attached hydrogens (tertiary/aromatic N) is 3. The van der Waals surface area contributed by atoms with Crippen molar-refractivity contribution in [2.45, 2.75) is 31.4 Å². The quantitative estimate of drug-likeness (QED) is 0.682. The van der Waals surface area contributed by atoms with Crippen LogP contribution in [-0.2, 0) is 4.74 Å². The van der Waals surface area contributed by atoms with Crippen molar-refractivity contribution in [2.24, 2.45) is 0 Å². The first kappa shape index (κ1) is 13.4. The summed E-state index contributed by atoms with van der Waals surface area (Å²) in [6.45, 7) is 3.37. The van der Waals surface area contributed by atoms with E-state index >= 15 is 0 Å². The maximum absolute atomic E-state index is 9.32. The SMILES string of the molecule is Cc1c(Cl)nc(Cl)nc1N1C[C@@H]2C[C@@]1(CCO)CO2. The second-order valence-corrected chi connectivity index (χ2v) is 5.87. The van der Waals surface area contributed by atoms with Crippen LogP contribution < -0.4 is 4.90 Å². The number of morpholine rings is 1. The van der Waals surface area contributed by atoms with Crippen LogP contribution in [0, 0.1) is 6.92 Å². The van der Waals surface area contributed by atoms with Gasteiger partial charge in [-0.15, -0.1) is 0 Å². The first-order valence-electron chi connectivity index (χ1n) is 6.25. The minimum absolute atomic E-state index is 0.123. The summed E-state index contributed by atoms with van der Waals surface area (Å²) in [5, 5.41) is 9.84. The lowest BCUT2D eigenvalue weighted by Gasteiger charge is -2.39. The van der Waals surface area contributed by atoms with Crippen molar-refractivity contribution in [1.82, 2.24) is 9.97 Å². The highest BCUT2D eigenvalue weighted by atomic mass is 35.5. The molecule has 2 atom stereocenters. The van der Waals surface area contributed by atoms with Crippen LogP contribution in [0.5, 0.6) is 0 Å². The van der Waals surface area contributed by atoms with Crippen LogP contribution in [0.25, 0.3) is 0 Å². The molecule has 0 aromatic carbocycles. The summed E-state index contributed by atoms with van der Waals surface area (Å²) >= 11 is 12.0. The molecular formula is C12H15Cl2N3O2. The van der Waals surface area contributed by atoms with Crippen molar-refractivity contribution in [3.63, 3.8) is 0 Å². The molecular weight excluding hydrogens is 289 g/mol. The van der Waals surface area contributed by atoms with Crippen molar-refractivity contribution in [3.8, 4) is 0 Å². The molecule has 0 amide bonds. The van der Waals surface area contributed by atoms with Gasteiger partial charge in [-0.25, -0.2) is 9.97 Å². The van der Waals surface area contributed by atoms with Gasteiger partial charge in [-0.05, 0) is 24.9 Å². The number of ether oxygens (including phenoxy) is 1. The van der Waals surface area contributed by atoms with E-state index in [2.05, 4.69) is 14.9 Å². The second kappa shape index (κ2) is 4.74. The Morgan fingerprint density at radius 3 is 2.95 bits per heavy atom. The molecule has 0 spiro atoms.